The van der Waals surface area contributed by atoms with Gasteiger partial charge in [0.2, 0.25) is 0 Å². The molecule has 5 heteroatoms. The van der Waals surface area contributed by atoms with Crippen LogP contribution in [0.3, 0.4) is 0 Å². The van der Waals surface area contributed by atoms with Crippen LogP contribution >= 0.6 is 24.0 Å². The Balaban J connectivity index is 0.00000264. The van der Waals surface area contributed by atoms with Crippen LogP contribution < -0.4 is 15.4 Å². The number of halogens is 1. The first-order valence-electron chi connectivity index (χ1n) is 8.32. The van der Waals surface area contributed by atoms with Crippen LogP contribution in [0.1, 0.15) is 38.2 Å². The van der Waals surface area contributed by atoms with E-state index in [1.54, 1.807) is 7.11 Å². The van der Waals surface area contributed by atoms with Crippen molar-refractivity contribution in [1.82, 2.24) is 10.6 Å². The Morgan fingerprint density at radius 3 is 2.57 bits per heavy atom. The molecule has 130 valence electrons. The molecule has 0 heterocycles. The third kappa shape index (κ3) is 6.57. The van der Waals surface area contributed by atoms with Crippen molar-refractivity contribution < 1.29 is 4.74 Å². The monoisotopic (exact) mass is 431 g/mol. The summed E-state index contributed by atoms with van der Waals surface area (Å²) in [6.07, 6.45) is 6.04. The number of benzene rings is 1. The van der Waals surface area contributed by atoms with Crippen LogP contribution in [0.2, 0.25) is 0 Å². The van der Waals surface area contributed by atoms with Gasteiger partial charge in [-0.1, -0.05) is 25.1 Å². The van der Waals surface area contributed by atoms with Crippen molar-refractivity contribution >= 4 is 29.9 Å². The van der Waals surface area contributed by atoms with Gasteiger partial charge < -0.3 is 15.4 Å². The second-order valence-corrected chi connectivity index (χ2v) is 6.16. The van der Waals surface area contributed by atoms with E-state index in [0.29, 0.717) is 6.04 Å². The third-order valence-corrected chi connectivity index (χ3v) is 4.46. The molecule has 1 aliphatic carbocycles. The number of nitrogens with zero attached hydrogens (tertiary/aromatic N) is 1. The van der Waals surface area contributed by atoms with Crippen molar-refractivity contribution in [2.24, 2.45) is 10.9 Å². The number of hydrogen-bond donors (Lipinski definition) is 2. The summed E-state index contributed by atoms with van der Waals surface area (Å²) < 4.78 is 5.39. The minimum Gasteiger partial charge on any atom is -0.496 e. The van der Waals surface area contributed by atoms with Gasteiger partial charge in [0.25, 0.3) is 0 Å². The van der Waals surface area contributed by atoms with Gasteiger partial charge in [-0.25, -0.2) is 0 Å². The van der Waals surface area contributed by atoms with E-state index in [1.807, 2.05) is 25.2 Å². The fourth-order valence-electron chi connectivity index (χ4n) is 3.02. The number of hydrogen-bond acceptors (Lipinski definition) is 2. The standard InChI is InChI=1S/C18H29N3O.HI/c1-14-8-10-16(11-9-14)21-18(19-2)20-13-12-15-6-4-5-7-17(15)22-3;/h4-7,14,16H,8-13H2,1-3H3,(H2,19,20,21);1H. The summed E-state index contributed by atoms with van der Waals surface area (Å²) in [6.45, 7) is 3.19. The van der Waals surface area contributed by atoms with Gasteiger partial charge in [-0.05, 0) is 49.7 Å². The van der Waals surface area contributed by atoms with Crippen molar-refractivity contribution in [2.45, 2.75) is 45.1 Å². The summed E-state index contributed by atoms with van der Waals surface area (Å²) in [6, 6.07) is 8.73. The van der Waals surface area contributed by atoms with Gasteiger partial charge in [0.1, 0.15) is 5.75 Å². The van der Waals surface area contributed by atoms with Gasteiger partial charge in [-0.2, -0.15) is 0 Å². The van der Waals surface area contributed by atoms with E-state index < -0.39 is 0 Å². The topological polar surface area (TPSA) is 45.7 Å². The first-order valence-corrected chi connectivity index (χ1v) is 8.32. The minimum absolute atomic E-state index is 0. The summed E-state index contributed by atoms with van der Waals surface area (Å²) in [5, 5.41) is 6.96. The van der Waals surface area contributed by atoms with Crippen molar-refractivity contribution in [1.29, 1.82) is 0 Å². The van der Waals surface area contributed by atoms with Crippen LogP contribution in [0.15, 0.2) is 29.3 Å². The van der Waals surface area contributed by atoms with Gasteiger partial charge in [-0.3, -0.25) is 4.99 Å². The predicted octanol–water partition coefficient (Wildman–Crippen LogP) is 3.60. The number of guanidine groups is 1. The smallest absolute Gasteiger partial charge is 0.191 e. The Kier molecular flexibility index (Phi) is 9.36. The minimum atomic E-state index is 0. The van der Waals surface area contributed by atoms with E-state index in [1.165, 1.54) is 31.2 Å². The fourth-order valence-corrected chi connectivity index (χ4v) is 3.02. The van der Waals surface area contributed by atoms with E-state index in [-0.39, 0.29) is 24.0 Å². The van der Waals surface area contributed by atoms with Crippen molar-refractivity contribution in [3.8, 4) is 5.75 Å². The molecule has 0 aliphatic heterocycles. The molecule has 1 fully saturated rings. The van der Waals surface area contributed by atoms with Gasteiger partial charge in [0.15, 0.2) is 5.96 Å². The summed E-state index contributed by atoms with van der Waals surface area (Å²) in [7, 11) is 3.56. The van der Waals surface area contributed by atoms with E-state index in [0.717, 1.165) is 30.6 Å². The highest BCUT2D eigenvalue weighted by Crippen LogP contribution is 2.23. The maximum Gasteiger partial charge on any atom is 0.191 e. The molecule has 0 bridgehead atoms. The zero-order valence-corrected chi connectivity index (χ0v) is 16.8. The Morgan fingerprint density at radius 2 is 1.91 bits per heavy atom. The molecule has 0 atom stereocenters. The van der Waals surface area contributed by atoms with Crippen molar-refractivity contribution in [3.05, 3.63) is 29.8 Å². The summed E-state index contributed by atoms with van der Waals surface area (Å²) in [5.41, 5.74) is 1.22. The molecule has 4 nitrogen and oxygen atoms in total. The molecule has 0 amide bonds. The largest absolute Gasteiger partial charge is 0.496 e. The molecule has 0 spiro atoms. The lowest BCUT2D eigenvalue weighted by Crippen LogP contribution is -2.45. The maximum absolute atomic E-state index is 5.39. The zero-order chi connectivity index (χ0) is 15.8. The van der Waals surface area contributed by atoms with Crippen molar-refractivity contribution in [2.75, 3.05) is 20.7 Å². The molecule has 1 aromatic rings. The first kappa shape index (κ1) is 20.1. The molecule has 1 aliphatic rings. The molecule has 0 radical (unpaired) electrons. The quantitative estimate of drug-likeness (QED) is 0.426. The number of aliphatic imine (C=N–C) groups is 1. The lowest BCUT2D eigenvalue weighted by Gasteiger charge is -2.28. The van der Waals surface area contributed by atoms with E-state index in [4.69, 9.17) is 4.74 Å². The lowest BCUT2D eigenvalue weighted by molar-refractivity contribution is 0.329. The average molecular weight is 431 g/mol. The van der Waals surface area contributed by atoms with Crippen LogP contribution in [0, 0.1) is 5.92 Å². The fraction of sp³-hybridized carbons (Fsp3) is 0.611. The third-order valence-electron chi connectivity index (χ3n) is 4.46. The van der Waals surface area contributed by atoms with Crippen LogP contribution in [0.4, 0.5) is 0 Å². The molecule has 1 saturated carbocycles. The van der Waals surface area contributed by atoms with E-state index >= 15 is 0 Å². The Bertz CT molecular complexity index is 485. The predicted molar refractivity (Wildman–Crippen MR) is 108 cm³/mol. The molecule has 2 rings (SSSR count). The Hall–Kier alpha value is -0.980. The summed E-state index contributed by atoms with van der Waals surface area (Å²) >= 11 is 0. The molecule has 0 unspecified atom stereocenters. The second kappa shape index (κ2) is 10.7. The number of ether oxygens (including phenoxy) is 1. The highest BCUT2D eigenvalue weighted by molar-refractivity contribution is 14.0. The molecule has 2 N–H and O–H groups in total. The molecule has 0 aromatic heterocycles. The molecular weight excluding hydrogens is 401 g/mol. The van der Waals surface area contributed by atoms with Gasteiger partial charge in [0.05, 0.1) is 7.11 Å². The number of methoxy groups -OCH3 is 1. The van der Waals surface area contributed by atoms with E-state index in [2.05, 4.69) is 28.6 Å². The van der Waals surface area contributed by atoms with Gasteiger partial charge in [0, 0.05) is 19.6 Å². The normalized spacial score (nSPS) is 21.3. The second-order valence-electron chi connectivity index (χ2n) is 6.16. The Labute approximate surface area is 157 Å². The zero-order valence-electron chi connectivity index (χ0n) is 14.5. The molecular formula is C18H30IN3O. The van der Waals surface area contributed by atoms with Crippen LogP contribution in [-0.2, 0) is 6.42 Å². The number of rotatable bonds is 5. The van der Waals surface area contributed by atoms with Crippen LogP contribution in [0.5, 0.6) is 5.75 Å². The molecule has 1 aromatic carbocycles. The first-order chi connectivity index (χ1) is 10.7. The van der Waals surface area contributed by atoms with Crippen molar-refractivity contribution in [3.63, 3.8) is 0 Å². The van der Waals surface area contributed by atoms with Crippen LogP contribution in [0.25, 0.3) is 0 Å². The van der Waals surface area contributed by atoms with Gasteiger partial charge >= 0.3 is 0 Å². The lowest BCUT2D eigenvalue weighted by atomic mass is 9.87. The summed E-state index contributed by atoms with van der Waals surface area (Å²) in [4.78, 5) is 4.34. The van der Waals surface area contributed by atoms with Crippen LogP contribution in [-0.4, -0.2) is 32.7 Å². The highest BCUT2D eigenvalue weighted by atomic mass is 127. The molecule has 0 saturated heterocycles. The van der Waals surface area contributed by atoms with Gasteiger partial charge in [-0.15, -0.1) is 24.0 Å². The summed E-state index contributed by atoms with van der Waals surface area (Å²) in [5.74, 6) is 2.74. The highest BCUT2D eigenvalue weighted by Gasteiger charge is 2.18. The Morgan fingerprint density at radius 1 is 1.22 bits per heavy atom. The maximum atomic E-state index is 5.39. The SMILES string of the molecule is CN=C(NCCc1ccccc1OC)NC1CCC(C)CC1.I. The number of nitrogens with one attached hydrogen (secondary N) is 2. The average Bonchev–Trinajstić information content (AvgIpc) is 2.56. The molecule has 23 heavy (non-hydrogen) atoms. The van der Waals surface area contributed by atoms with E-state index in [9.17, 15) is 0 Å². The number of para-hydroxylation sites is 1.